The lowest BCUT2D eigenvalue weighted by atomic mass is 9.70. The third-order valence-electron chi connectivity index (χ3n) is 3.57. The minimum Gasteiger partial charge on any atom is -0.368 e. The number of aromatic nitrogens is 3. The highest BCUT2D eigenvalue weighted by Gasteiger charge is 2.31. The minimum absolute atomic E-state index is 0.467. The van der Waals surface area contributed by atoms with E-state index in [1.807, 2.05) is 16.8 Å². The van der Waals surface area contributed by atoms with Crippen LogP contribution in [0, 0.1) is 5.41 Å². The fraction of sp³-hybridized carbons (Fsp3) is 0.500. The van der Waals surface area contributed by atoms with Gasteiger partial charge >= 0.3 is 0 Å². The Labute approximate surface area is 94.7 Å². The third kappa shape index (κ3) is 1.54. The summed E-state index contributed by atoms with van der Waals surface area (Å²) in [7, 11) is 0. The average molecular weight is 216 g/mol. The summed E-state index contributed by atoms with van der Waals surface area (Å²) in [6.07, 6.45) is 9.46. The lowest BCUT2D eigenvalue weighted by Gasteiger charge is -2.38. The molecule has 4 nitrogen and oxygen atoms in total. The molecule has 1 fully saturated rings. The molecule has 1 saturated carbocycles. The molecule has 0 amide bonds. The van der Waals surface area contributed by atoms with Crippen LogP contribution in [0.5, 0.6) is 0 Å². The Balaban J connectivity index is 1.81. The fourth-order valence-corrected chi connectivity index (χ4v) is 2.25. The molecule has 2 aromatic heterocycles. The van der Waals surface area contributed by atoms with Gasteiger partial charge in [0.1, 0.15) is 5.52 Å². The SMILES string of the molecule is CC1(CNc2nccn3nccc23)CCC1. The molecule has 1 aliphatic rings. The number of anilines is 1. The normalized spacial score (nSPS) is 18.3. The van der Waals surface area contributed by atoms with E-state index in [1.165, 1.54) is 19.3 Å². The maximum Gasteiger partial charge on any atom is 0.152 e. The van der Waals surface area contributed by atoms with Crippen molar-refractivity contribution in [1.82, 2.24) is 14.6 Å². The molecule has 3 rings (SSSR count). The first-order valence-electron chi connectivity index (χ1n) is 5.79. The van der Waals surface area contributed by atoms with Gasteiger partial charge in [0.25, 0.3) is 0 Å². The Bertz CT molecular complexity index is 498. The predicted octanol–water partition coefficient (Wildman–Crippen LogP) is 2.33. The molecule has 0 aliphatic heterocycles. The highest BCUT2D eigenvalue weighted by Crippen LogP contribution is 2.40. The molecule has 0 radical (unpaired) electrons. The van der Waals surface area contributed by atoms with Crippen LogP contribution in [-0.2, 0) is 0 Å². The summed E-state index contributed by atoms with van der Waals surface area (Å²) in [6, 6.07) is 1.98. The Hall–Kier alpha value is -1.58. The molecule has 0 bridgehead atoms. The maximum absolute atomic E-state index is 4.37. The van der Waals surface area contributed by atoms with Crippen molar-refractivity contribution in [3.05, 3.63) is 24.7 Å². The summed E-state index contributed by atoms with van der Waals surface area (Å²) in [5, 5.41) is 7.64. The monoisotopic (exact) mass is 216 g/mol. The third-order valence-corrected chi connectivity index (χ3v) is 3.57. The molecule has 0 unspecified atom stereocenters. The van der Waals surface area contributed by atoms with E-state index in [0.717, 1.165) is 17.9 Å². The first kappa shape index (κ1) is 9.63. The number of fused-ring (bicyclic) bond motifs is 1. The standard InChI is InChI=1S/C12H16N4/c1-12(4-2-5-12)9-14-11-10-3-6-15-16(10)8-7-13-11/h3,6-8H,2,4-5,9H2,1H3,(H,13,14). The van der Waals surface area contributed by atoms with Gasteiger partial charge in [0.05, 0.1) is 6.20 Å². The zero-order valence-electron chi connectivity index (χ0n) is 9.48. The molecule has 0 spiro atoms. The van der Waals surface area contributed by atoms with E-state index < -0.39 is 0 Å². The lowest BCUT2D eigenvalue weighted by molar-refractivity contribution is 0.180. The van der Waals surface area contributed by atoms with Crippen molar-refractivity contribution in [2.45, 2.75) is 26.2 Å². The molecule has 0 aromatic carbocycles. The van der Waals surface area contributed by atoms with Gasteiger partial charge in [-0.3, -0.25) is 0 Å². The highest BCUT2D eigenvalue weighted by atomic mass is 15.2. The van der Waals surface area contributed by atoms with Gasteiger partial charge in [0, 0.05) is 18.9 Å². The summed E-state index contributed by atoms with van der Waals surface area (Å²) in [5.41, 5.74) is 1.51. The summed E-state index contributed by atoms with van der Waals surface area (Å²) < 4.78 is 1.85. The Morgan fingerprint density at radius 2 is 2.31 bits per heavy atom. The summed E-state index contributed by atoms with van der Waals surface area (Å²) in [4.78, 5) is 4.37. The maximum atomic E-state index is 4.37. The molecule has 0 atom stereocenters. The summed E-state index contributed by atoms with van der Waals surface area (Å²) in [6.45, 7) is 3.34. The highest BCUT2D eigenvalue weighted by molar-refractivity contribution is 5.66. The van der Waals surface area contributed by atoms with E-state index >= 15 is 0 Å². The Kier molecular flexibility index (Phi) is 2.09. The van der Waals surface area contributed by atoms with Crippen LogP contribution >= 0.6 is 0 Å². The second-order valence-electron chi connectivity index (χ2n) is 4.95. The van der Waals surface area contributed by atoms with Gasteiger partial charge in [-0.15, -0.1) is 0 Å². The quantitative estimate of drug-likeness (QED) is 0.856. The second-order valence-corrected chi connectivity index (χ2v) is 4.95. The van der Waals surface area contributed by atoms with Crippen molar-refractivity contribution in [2.75, 3.05) is 11.9 Å². The van der Waals surface area contributed by atoms with Crippen molar-refractivity contribution in [3.8, 4) is 0 Å². The van der Waals surface area contributed by atoms with Crippen molar-refractivity contribution >= 4 is 11.3 Å². The molecular weight excluding hydrogens is 200 g/mol. The van der Waals surface area contributed by atoms with Crippen LogP contribution < -0.4 is 5.32 Å². The van der Waals surface area contributed by atoms with Crippen LogP contribution in [0.2, 0.25) is 0 Å². The van der Waals surface area contributed by atoms with E-state index in [9.17, 15) is 0 Å². The molecule has 2 aromatic rings. The minimum atomic E-state index is 0.467. The zero-order chi connectivity index (χ0) is 11.0. The smallest absolute Gasteiger partial charge is 0.152 e. The molecule has 1 N–H and O–H groups in total. The van der Waals surface area contributed by atoms with Crippen molar-refractivity contribution in [1.29, 1.82) is 0 Å². The van der Waals surface area contributed by atoms with Gasteiger partial charge in [0.2, 0.25) is 0 Å². The van der Waals surface area contributed by atoms with E-state index in [1.54, 1.807) is 12.4 Å². The van der Waals surface area contributed by atoms with Crippen LogP contribution in [0.3, 0.4) is 0 Å². The van der Waals surface area contributed by atoms with E-state index in [-0.39, 0.29) is 0 Å². The van der Waals surface area contributed by atoms with Gasteiger partial charge in [0.15, 0.2) is 5.82 Å². The second kappa shape index (κ2) is 3.47. The summed E-state index contributed by atoms with van der Waals surface area (Å²) >= 11 is 0. The zero-order valence-corrected chi connectivity index (χ0v) is 9.48. The van der Waals surface area contributed by atoms with Crippen molar-refractivity contribution in [3.63, 3.8) is 0 Å². The van der Waals surface area contributed by atoms with E-state index in [0.29, 0.717) is 5.41 Å². The fourth-order valence-electron chi connectivity index (χ4n) is 2.25. The summed E-state index contributed by atoms with van der Waals surface area (Å²) in [5.74, 6) is 0.938. The number of nitrogens with one attached hydrogen (secondary N) is 1. The molecule has 84 valence electrons. The molecule has 0 saturated heterocycles. The largest absolute Gasteiger partial charge is 0.368 e. The Morgan fingerprint density at radius 3 is 3.06 bits per heavy atom. The number of hydrogen-bond acceptors (Lipinski definition) is 3. The number of nitrogens with zero attached hydrogens (tertiary/aromatic N) is 3. The number of hydrogen-bond donors (Lipinski definition) is 1. The average Bonchev–Trinajstić information content (AvgIpc) is 2.72. The topological polar surface area (TPSA) is 42.2 Å². The number of rotatable bonds is 3. The van der Waals surface area contributed by atoms with Gasteiger partial charge in [-0.2, -0.15) is 5.10 Å². The van der Waals surface area contributed by atoms with Crippen LogP contribution in [-0.4, -0.2) is 21.1 Å². The van der Waals surface area contributed by atoms with Gasteiger partial charge in [-0.05, 0) is 24.3 Å². The van der Waals surface area contributed by atoms with Crippen LogP contribution in [0.15, 0.2) is 24.7 Å². The molecular formula is C12H16N4. The predicted molar refractivity (Wildman–Crippen MR) is 63.4 cm³/mol. The first-order valence-corrected chi connectivity index (χ1v) is 5.79. The Morgan fingerprint density at radius 1 is 1.44 bits per heavy atom. The van der Waals surface area contributed by atoms with E-state index in [4.69, 9.17) is 0 Å². The molecule has 2 heterocycles. The molecule has 1 aliphatic carbocycles. The van der Waals surface area contributed by atoms with Crippen LogP contribution in [0.4, 0.5) is 5.82 Å². The molecule has 4 heteroatoms. The van der Waals surface area contributed by atoms with Crippen molar-refractivity contribution in [2.24, 2.45) is 5.41 Å². The van der Waals surface area contributed by atoms with E-state index in [2.05, 4.69) is 22.3 Å². The molecule has 16 heavy (non-hydrogen) atoms. The van der Waals surface area contributed by atoms with Gasteiger partial charge < -0.3 is 5.32 Å². The van der Waals surface area contributed by atoms with Crippen molar-refractivity contribution < 1.29 is 0 Å². The lowest BCUT2D eigenvalue weighted by Crippen LogP contribution is -2.33. The van der Waals surface area contributed by atoms with Gasteiger partial charge in [-0.1, -0.05) is 13.3 Å². The van der Waals surface area contributed by atoms with Gasteiger partial charge in [-0.25, -0.2) is 9.50 Å². The van der Waals surface area contributed by atoms with Crippen LogP contribution in [0.1, 0.15) is 26.2 Å². The first-order chi connectivity index (χ1) is 7.77. The van der Waals surface area contributed by atoms with Crippen LogP contribution in [0.25, 0.3) is 5.52 Å².